The fourth-order valence-electron chi connectivity index (χ4n) is 1.45. The molecule has 0 saturated heterocycles. The van der Waals surface area contributed by atoms with Crippen LogP contribution in [-0.2, 0) is 22.7 Å². The molecule has 4 heteroatoms. The first-order valence-corrected chi connectivity index (χ1v) is 5.70. The van der Waals surface area contributed by atoms with Crippen LogP contribution in [0.2, 0.25) is 0 Å². The molecular weight excluding hydrogens is 218 g/mol. The Morgan fingerprint density at radius 1 is 1.41 bits per heavy atom. The van der Waals surface area contributed by atoms with Crippen molar-refractivity contribution in [3.8, 4) is 0 Å². The zero-order valence-electron chi connectivity index (χ0n) is 10.3. The molecule has 0 aromatic heterocycles. The van der Waals surface area contributed by atoms with Gasteiger partial charge in [-0.15, -0.1) is 0 Å². The summed E-state index contributed by atoms with van der Waals surface area (Å²) in [7, 11) is 0. The summed E-state index contributed by atoms with van der Waals surface area (Å²) in [4.78, 5) is 11.2. The first-order chi connectivity index (χ1) is 8.11. The van der Waals surface area contributed by atoms with Crippen LogP contribution in [0.3, 0.4) is 0 Å². The second kappa shape index (κ2) is 7.04. The van der Waals surface area contributed by atoms with Crippen LogP contribution in [0.15, 0.2) is 24.3 Å². The molecule has 0 amide bonds. The molecule has 0 aliphatic carbocycles. The fourth-order valence-corrected chi connectivity index (χ4v) is 1.45. The molecule has 17 heavy (non-hydrogen) atoms. The number of benzene rings is 1. The lowest BCUT2D eigenvalue weighted by molar-refractivity contribution is -0.146. The van der Waals surface area contributed by atoms with Crippen LogP contribution in [0.25, 0.3) is 0 Å². The smallest absolute Gasteiger partial charge is 0.320 e. The standard InChI is InChI=1S/C13H19NO3/c1-10(2)17-13(16)8-14-7-11-4-3-5-12(6-11)9-15/h3-6,10,14-15H,7-9H2,1-2H3. The number of ether oxygens (including phenoxy) is 1. The van der Waals surface area contributed by atoms with Gasteiger partial charge in [0.25, 0.3) is 0 Å². The summed E-state index contributed by atoms with van der Waals surface area (Å²) in [6, 6.07) is 7.59. The highest BCUT2D eigenvalue weighted by Gasteiger charge is 2.04. The van der Waals surface area contributed by atoms with E-state index in [2.05, 4.69) is 5.32 Å². The molecule has 4 nitrogen and oxygen atoms in total. The number of aliphatic hydroxyl groups is 1. The summed E-state index contributed by atoms with van der Waals surface area (Å²) in [6.07, 6.45) is -0.0815. The van der Waals surface area contributed by atoms with Gasteiger partial charge in [-0.3, -0.25) is 4.79 Å². The molecule has 0 aliphatic heterocycles. The van der Waals surface area contributed by atoms with Gasteiger partial charge in [-0.1, -0.05) is 24.3 Å². The average Bonchev–Trinajstić information content (AvgIpc) is 2.28. The maximum absolute atomic E-state index is 11.2. The molecule has 0 spiro atoms. The Hall–Kier alpha value is -1.39. The molecule has 0 heterocycles. The van der Waals surface area contributed by atoms with E-state index in [-0.39, 0.29) is 25.2 Å². The minimum absolute atomic E-state index is 0.0310. The Balaban J connectivity index is 2.32. The van der Waals surface area contributed by atoms with Gasteiger partial charge in [0.15, 0.2) is 0 Å². The zero-order chi connectivity index (χ0) is 12.7. The maximum atomic E-state index is 11.2. The number of carbonyl (C=O) groups excluding carboxylic acids is 1. The van der Waals surface area contributed by atoms with E-state index in [1.54, 1.807) is 0 Å². The van der Waals surface area contributed by atoms with Crippen LogP contribution in [0.5, 0.6) is 0 Å². The number of esters is 1. The van der Waals surface area contributed by atoms with Gasteiger partial charge >= 0.3 is 5.97 Å². The van der Waals surface area contributed by atoms with E-state index in [9.17, 15) is 4.79 Å². The number of nitrogens with one attached hydrogen (secondary N) is 1. The molecule has 0 fully saturated rings. The van der Waals surface area contributed by atoms with Gasteiger partial charge in [0.05, 0.1) is 19.3 Å². The van der Waals surface area contributed by atoms with Crippen molar-refractivity contribution in [1.82, 2.24) is 5.32 Å². The Kier molecular flexibility index (Phi) is 5.66. The van der Waals surface area contributed by atoms with Crippen molar-refractivity contribution in [3.63, 3.8) is 0 Å². The number of carbonyl (C=O) groups is 1. The number of hydrogen-bond acceptors (Lipinski definition) is 4. The highest BCUT2D eigenvalue weighted by atomic mass is 16.5. The van der Waals surface area contributed by atoms with E-state index in [0.29, 0.717) is 6.54 Å². The lowest BCUT2D eigenvalue weighted by Gasteiger charge is -2.09. The van der Waals surface area contributed by atoms with E-state index in [1.807, 2.05) is 38.1 Å². The van der Waals surface area contributed by atoms with Crippen molar-refractivity contribution in [2.45, 2.75) is 33.1 Å². The van der Waals surface area contributed by atoms with Crippen molar-refractivity contribution >= 4 is 5.97 Å². The molecule has 0 saturated carbocycles. The normalized spacial score (nSPS) is 10.6. The van der Waals surface area contributed by atoms with Crippen LogP contribution < -0.4 is 5.32 Å². The van der Waals surface area contributed by atoms with Crippen molar-refractivity contribution in [2.75, 3.05) is 6.54 Å². The number of hydrogen-bond donors (Lipinski definition) is 2. The average molecular weight is 237 g/mol. The zero-order valence-corrected chi connectivity index (χ0v) is 10.3. The molecule has 0 radical (unpaired) electrons. The van der Waals surface area contributed by atoms with Crippen LogP contribution in [-0.4, -0.2) is 23.7 Å². The van der Waals surface area contributed by atoms with Gasteiger partial charge in [-0.25, -0.2) is 0 Å². The molecule has 0 bridgehead atoms. The maximum Gasteiger partial charge on any atom is 0.320 e. The highest BCUT2D eigenvalue weighted by molar-refractivity contribution is 5.71. The monoisotopic (exact) mass is 237 g/mol. The van der Waals surface area contributed by atoms with Crippen molar-refractivity contribution in [2.24, 2.45) is 0 Å². The van der Waals surface area contributed by atoms with Gasteiger partial charge in [0.2, 0.25) is 0 Å². The Morgan fingerprint density at radius 2 is 2.12 bits per heavy atom. The molecule has 2 N–H and O–H groups in total. The Morgan fingerprint density at radius 3 is 2.76 bits per heavy atom. The SMILES string of the molecule is CC(C)OC(=O)CNCc1cccc(CO)c1. The first kappa shape index (κ1) is 13.7. The van der Waals surface area contributed by atoms with Gasteiger partial charge in [0.1, 0.15) is 0 Å². The molecule has 0 atom stereocenters. The molecule has 94 valence electrons. The number of rotatable bonds is 6. The topological polar surface area (TPSA) is 58.6 Å². The molecule has 0 unspecified atom stereocenters. The molecule has 0 aliphatic rings. The van der Waals surface area contributed by atoms with E-state index in [1.165, 1.54) is 0 Å². The third kappa shape index (κ3) is 5.47. The van der Waals surface area contributed by atoms with Crippen molar-refractivity contribution < 1.29 is 14.6 Å². The Bertz CT molecular complexity index is 363. The molecule has 1 rings (SSSR count). The minimum atomic E-state index is -0.252. The third-order valence-corrected chi connectivity index (χ3v) is 2.14. The third-order valence-electron chi connectivity index (χ3n) is 2.14. The van der Waals surface area contributed by atoms with Crippen molar-refractivity contribution in [3.05, 3.63) is 35.4 Å². The Labute approximate surface area is 102 Å². The highest BCUT2D eigenvalue weighted by Crippen LogP contribution is 2.04. The van der Waals surface area contributed by atoms with E-state index >= 15 is 0 Å². The summed E-state index contributed by atoms with van der Waals surface area (Å²) in [6.45, 7) is 4.46. The van der Waals surface area contributed by atoms with Gasteiger partial charge in [-0.05, 0) is 25.0 Å². The minimum Gasteiger partial charge on any atom is -0.462 e. The van der Waals surface area contributed by atoms with Gasteiger partial charge < -0.3 is 15.2 Å². The second-order valence-electron chi connectivity index (χ2n) is 4.12. The van der Waals surface area contributed by atoms with Crippen LogP contribution in [0.1, 0.15) is 25.0 Å². The quantitative estimate of drug-likeness (QED) is 0.730. The van der Waals surface area contributed by atoms with Gasteiger partial charge in [0, 0.05) is 6.54 Å². The lowest BCUT2D eigenvalue weighted by Crippen LogP contribution is -2.26. The summed E-state index contributed by atoms with van der Waals surface area (Å²) < 4.78 is 4.99. The number of aliphatic hydroxyl groups excluding tert-OH is 1. The predicted molar refractivity (Wildman–Crippen MR) is 65.3 cm³/mol. The van der Waals surface area contributed by atoms with E-state index in [0.717, 1.165) is 11.1 Å². The molecule has 1 aromatic rings. The van der Waals surface area contributed by atoms with Crippen LogP contribution >= 0.6 is 0 Å². The summed E-state index contributed by atoms with van der Waals surface area (Å²) >= 11 is 0. The lowest BCUT2D eigenvalue weighted by atomic mass is 10.1. The largest absolute Gasteiger partial charge is 0.462 e. The molecular formula is C13H19NO3. The van der Waals surface area contributed by atoms with E-state index in [4.69, 9.17) is 9.84 Å². The summed E-state index contributed by atoms with van der Waals surface area (Å²) in [5.74, 6) is -0.252. The first-order valence-electron chi connectivity index (χ1n) is 5.70. The fraction of sp³-hybridized carbons (Fsp3) is 0.462. The summed E-state index contributed by atoms with van der Waals surface area (Å²) in [5.41, 5.74) is 1.91. The van der Waals surface area contributed by atoms with Crippen molar-refractivity contribution in [1.29, 1.82) is 0 Å². The predicted octanol–water partition coefficient (Wildman–Crippen LogP) is 1.22. The van der Waals surface area contributed by atoms with Crippen LogP contribution in [0.4, 0.5) is 0 Å². The summed E-state index contributed by atoms with van der Waals surface area (Å²) in [5, 5.41) is 12.0. The second-order valence-corrected chi connectivity index (χ2v) is 4.12. The van der Waals surface area contributed by atoms with Gasteiger partial charge in [-0.2, -0.15) is 0 Å². The molecule has 1 aromatic carbocycles. The van der Waals surface area contributed by atoms with E-state index < -0.39 is 0 Å². The van der Waals surface area contributed by atoms with Crippen LogP contribution in [0, 0.1) is 0 Å².